The highest BCUT2D eigenvalue weighted by molar-refractivity contribution is 8.01. The molecule has 6 heterocycles. The van der Waals surface area contributed by atoms with Crippen LogP contribution in [0.15, 0.2) is 93.6 Å². The molecule has 0 aliphatic carbocycles. The van der Waals surface area contributed by atoms with Crippen LogP contribution in [-0.2, 0) is 0 Å². The average molecular weight is 717 g/mol. The molecule has 6 rings (SSSR count). The van der Waals surface area contributed by atoms with Crippen molar-refractivity contribution < 1.29 is 0 Å². The highest BCUT2D eigenvalue weighted by Gasteiger charge is 2.13. The van der Waals surface area contributed by atoms with Gasteiger partial charge in [-0.3, -0.25) is 9.97 Å². The molecule has 0 atom stereocenters. The highest BCUT2D eigenvalue weighted by atomic mass is 32.2. The second kappa shape index (κ2) is 17.3. The van der Waals surface area contributed by atoms with E-state index in [2.05, 4.69) is 86.6 Å². The number of unbranched alkanes of at least 4 members (excludes halogenated alkanes) is 6. The molecule has 0 saturated heterocycles. The first-order chi connectivity index (χ1) is 22.7. The molecule has 0 bridgehead atoms. The fourth-order valence-corrected chi connectivity index (χ4v) is 11.8. The van der Waals surface area contributed by atoms with Gasteiger partial charge in [-0.15, -0.1) is 68.9 Å². The van der Waals surface area contributed by atoms with Gasteiger partial charge in [0.1, 0.15) is 0 Å². The monoisotopic (exact) mass is 716 g/mol. The number of rotatable bonds is 17. The molecule has 0 radical (unpaired) electrons. The number of hydrogen-bond acceptors (Lipinski definition) is 8. The van der Waals surface area contributed by atoms with Crippen molar-refractivity contribution in [2.24, 2.45) is 0 Å². The molecule has 6 aromatic rings. The van der Waals surface area contributed by atoms with Crippen molar-refractivity contribution in [1.29, 1.82) is 0 Å². The van der Waals surface area contributed by atoms with Gasteiger partial charge in [-0.05, 0) is 108 Å². The lowest BCUT2D eigenvalue weighted by molar-refractivity contribution is 0.706. The summed E-state index contributed by atoms with van der Waals surface area (Å²) in [6.07, 6.45) is 14.4. The zero-order valence-electron chi connectivity index (χ0n) is 26.5. The van der Waals surface area contributed by atoms with Gasteiger partial charge < -0.3 is 0 Å². The summed E-state index contributed by atoms with van der Waals surface area (Å²) in [5, 5.41) is 0. The maximum absolute atomic E-state index is 4.73. The molecule has 0 aliphatic rings. The van der Waals surface area contributed by atoms with Crippen molar-refractivity contribution in [2.45, 2.75) is 73.6 Å². The van der Waals surface area contributed by atoms with Gasteiger partial charge in [0, 0.05) is 41.7 Å². The van der Waals surface area contributed by atoms with Crippen molar-refractivity contribution in [1.82, 2.24) is 9.97 Å². The zero-order chi connectivity index (χ0) is 31.6. The maximum atomic E-state index is 4.73. The lowest BCUT2D eigenvalue weighted by atomic mass is 10.1. The zero-order valence-corrected chi connectivity index (χ0v) is 31.4. The fourth-order valence-electron chi connectivity index (χ4n) is 5.16. The van der Waals surface area contributed by atoms with Crippen LogP contribution in [0.25, 0.3) is 51.8 Å². The Labute approximate surface area is 298 Å². The Kier molecular flexibility index (Phi) is 12.7. The molecule has 0 aromatic carbocycles. The molecule has 0 spiro atoms. The van der Waals surface area contributed by atoms with E-state index in [-0.39, 0.29) is 0 Å². The second-order valence-electron chi connectivity index (χ2n) is 11.2. The molecule has 238 valence electrons. The summed E-state index contributed by atoms with van der Waals surface area (Å²) in [5.74, 6) is 2.43. The van der Waals surface area contributed by atoms with Crippen LogP contribution in [0.3, 0.4) is 0 Å². The predicted molar refractivity (Wildman–Crippen MR) is 210 cm³/mol. The van der Waals surface area contributed by atoms with Gasteiger partial charge in [0.2, 0.25) is 0 Å². The minimum atomic E-state index is 0.905. The Bertz CT molecular complexity index is 1680. The number of hydrogen-bond donors (Lipinski definition) is 0. The standard InChI is InChI=1S/C38H40N2S6/c1-3-5-7-9-23-41-37-17-15-35(45-37)33-13-11-31(43-33)27-19-21-39-29(25-27)30-26-28(20-22-40-30)32-12-14-34(44-32)36-16-18-38(46-36)42-24-10-8-6-4-2/h11-22,25-26H,3-10,23-24H2,1-2H3. The molecule has 2 nitrogen and oxygen atoms in total. The molecule has 0 aliphatic heterocycles. The highest BCUT2D eigenvalue weighted by Crippen LogP contribution is 2.42. The predicted octanol–water partition coefficient (Wildman–Crippen LogP) is 14.4. The van der Waals surface area contributed by atoms with E-state index in [0.29, 0.717) is 0 Å². The smallest absolute Gasteiger partial charge is 0.0892 e. The van der Waals surface area contributed by atoms with Crippen LogP contribution in [0.5, 0.6) is 0 Å². The average Bonchev–Trinajstić information content (AvgIpc) is 3.92. The first-order valence-electron chi connectivity index (χ1n) is 16.3. The van der Waals surface area contributed by atoms with Gasteiger partial charge in [-0.1, -0.05) is 52.4 Å². The van der Waals surface area contributed by atoms with E-state index in [4.69, 9.17) is 9.97 Å². The van der Waals surface area contributed by atoms with E-state index in [1.807, 2.05) is 81.3 Å². The number of aromatic nitrogens is 2. The molecule has 0 fully saturated rings. The fraction of sp³-hybridized carbons (Fsp3) is 0.316. The topological polar surface area (TPSA) is 25.8 Å². The Morgan fingerprint density at radius 2 is 0.870 bits per heavy atom. The number of thioether (sulfide) groups is 2. The van der Waals surface area contributed by atoms with Gasteiger partial charge in [0.15, 0.2) is 0 Å². The molecule has 6 aromatic heterocycles. The van der Waals surface area contributed by atoms with E-state index in [1.54, 1.807) is 0 Å². The number of nitrogens with zero attached hydrogens (tertiary/aromatic N) is 2. The summed E-state index contributed by atoms with van der Waals surface area (Å²) < 4.78 is 2.84. The van der Waals surface area contributed by atoms with E-state index in [9.17, 15) is 0 Å². The maximum Gasteiger partial charge on any atom is 0.0892 e. The first kappa shape index (κ1) is 33.7. The Morgan fingerprint density at radius 3 is 1.33 bits per heavy atom. The molecule has 0 N–H and O–H groups in total. The Balaban J connectivity index is 1.11. The van der Waals surface area contributed by atoms with Crippen LogP contribution >= 0.6 is 68.9 Å². The van der Waals surface area contributed by atoms with Gasteiger partial charge in [0.25, 0.3) is 0 Å². The van der Waals surface area contributed by atoms with Gasteiger partial charge in [-0.25, -0.2) is 0 Å². The van der Waals surface area contributed by atoms with Gasteiger partial charge in [0.05, 0.1) is 19.8 Å². The Hall–Kier alpha value is -2.20. The van der Waals surface area contributed by atoms with E-state index < -0.39 is 0 Å². The van der Waals surface area contributed by atoms with E-state index >= 15 is 0 Å². The molecule has 8 heteroatoms. The third kappa shape index (κ3) is 9.03. The van der Waals surface area contributed by atoms with Crippen LogP contribution in [-0.4, -0.2) is 21.5 Å². The Morgan fingerprint density at radius 1 is 0.457 bits per heavy atom. The summed E-state index contributed by atoms with van der Waals surface area (Å²) in [6.45, 7) is 4.54. The van der Waals surface area contributed by atoms with Crippen molar-refractivity contribution in [3.63, 3.8) is 0 Å². The third-order valence-corrected chi connectivity index (χ3v) is 15.2. The lowest BCUT2D eigenvalue weighted by Gasteiger charge is -2.05. The van der Waals surface area contributed by atoms with Crippen LogP contribution in [0.4, 0.5) is 0 Å². The quantitative estimate of drug-likeness (QED) is 0.0693. The molecule has 46 heavy (non-hydrogen) atoms. The van der Waals surface area contributed by atoms with Crippen molar-refractivity contribution in [2.75, 3.05) is 11.5 Å². The van der Waals surface area contributed by atoms with Crippen LogP contribution < -0.4 is 0 Å². The minimum absolute atomic E-state index is 0.905. The summed E-state index contributed by atoms with van der Waals surface area (Å²) >= 11 is 11.5. The summed E-state index contributed by atoms with van der Waals surface area (Å²) in [4.78, 5) is 17.3. The van der Waals surface area contributed by atoms with Crippen LogP contribution in [0.1, 0.15) is 65.2 Å². The SMILES string of the molecule is CCCCCCSc1ccc(-c2ccc(-c3ccnc(-c4cc(-c5ccc(-c6ccc(SCCCCCC)s6)s5)ccn4)c3)s2)s1. The van der Waals surface area contributed by atoms with Gasteiger partial charge in [-0.2, -0.15) is 0 Å². The molecule has 0 unspecified atom stereocenters. The molecular weight excluding hydrogens is 677 g/mol. The summed E-state index contributed by atoms with van der Waals surface area (Å²) in [6, 6.07) is 26.7. The second-order valence-corrected chi connectivity index (χ2v) is 18.4. The molecular formula is C38H40N2S6. The largest absolute Gasteiger partial charge is 0.255 e. The van der Waals surface area contributed by atoms with Crippen molar-refractivity contribution in [3.8, 4) is 51.8 Å². The van der Waals surface area contributed by atoms with E-state index in [0.717, 1.165) is 11.4 Å². The number of pyridine rings is 2. The first-order valence-corrected chi connectivity index (χ1v) is 21.5. The molecule has 0 saturated carbocycles. The summed E-state index contributed by atoms with van der Waals surface area (Å²) in [7, 11) is 0. The van der Waals surface area contributed by atoms with Crippen LogP contribution in [0.2, 0.25) is 0 Å². The minimum Gasteiger partial charge on any atom is -0.255 e. The summed E-state index contributed by atoms with van der Waals surface area (Å²) in [5.41, 5.74) is 4.18. The normalized spacial score (nSPS) is 11.4. The molecule has 0 amide bonds. The lowest BCUT2D eigenvalue weighted by Crippen LogP contribution is -1.88. The van der Waals surface area contributed by atoms with Crippen molar-refractivity contribution >= 4 is 68.9 Å². The van der Waals surface area contributed by atoms with E-state index in [1.165, 1.54) is 112 Å². The number of thiophene rings is 4. The van der Waals surface area contributed by atoms with Crippen LogP contribution in [0, 0.1) is 0 Å². The van der Waals surface area contributed by atoms with Crippen molar-refractivity contribution in [3.05, 3.63) is 85.2 Å². The third-order valence-electron chi connectivity index (χ3n) is 7.70. The van der Waals surface area contributed by atoms with Gasteiger partial charge >= 0.3 is 0 Å².